The fourth-order valence-electron chi connectivity index (χ4n) is 3.00. The van der Waals surface area contributed by atoms with Gasteiger partial charge in [0.15, 0.2) is 17.4 Å². The number of benzene rings is 2. The minimum Gasteiger partial charge on any atom is -0.489 e. The molecule has 7 nitrogen and oxygen atoms in total. The van der Waals surface area contributed by atoms with Crippen LogP contribution in [0.5, 0.6) is 5.75 Å². The van der Waals surface area contributed by atoms with Gasteiger partial charge in [0.05, 0.1) is 40.0 Å². The summed E-state index contributed by atoms with van der Waals surface area (Å²) >= 11 is 11.8. The Labute approximate surface area is 209 Å². The Morgan fingerprint density at radius 2 is 1.89 bits per heavy atom. The molecule has 2 aromatic carbocycles. The molecule has 0 saturated heterocycles. The quantitative estimate of drug-likeness (QED) is 0.173. The highest BCUT2D eigenvalue weighted by Gasteiger charge is 2.23. The molecule has 188 valence electrons. The van der Waals surface area contributed by atoms with Crippen molar-refractivity contribution < 1.29 is 32.6 Å². The Hall–Kier alpha value is -3.24. The lowest BCUT2D eigenvalue weighted by Gasteiger charge is -2.16. The number of aliphatic imine (C=N–C) groups is 1. The first kappa shape index (κ1) is 28.0. The average Bonchev–Trinajstić information content (AvgIpc) is 2.78. The molecule has 4 N–H and O–H groups in total. The molecule has 0 saturated carbocycles. The third kappa shape index (κ3) is 7.37. The van der Waals surface area contributed by atoms with Gasteiger partial charge in [0.25, 0.3) is 5.91 Å². The third-order valence-electron chi connectivity index (χ3n) is 4.57. The summed E-state index contributed by atoms with van der Waals surface area (Å²) in [6, 6.07) is 3.94. The van der Waals surface area contributed by atoms with Crippen LogP contribution in [0.25, 0.3) is 0 Å². The van der Waals surface area contributed by atoms with Crippen molar-refractivity contribution in [3.63, 3.8) is 0 Å². The normalized spacial score (nSPS) is 12.1. The fraction of sp³-hybridized carbons (Fsp3) is 0.261. The SMILES string of the molecule is CC(C)C(=NCCOc1ccc(F)cc1F)C(=CN)C(=O)Nc1cc(CC(=O)O)c(Cl)c(Cl)c1F. The van der Waals surface area contributed by atoms with E-state index in [1.165, 1.54) is 0 Å². The molecule has 2 aromatic rings. The number of rotatable bonds is 10. The first-order valence-electron chi connectivity index (χ1n) is 10.2. The van der Waals surface area contributed by atoms with Crippen molar-refractivity contribution in [3.05, 3.63) is 69.1 Å². The van der Waals surface area contributed by atoms with Crippen LogP contribution in [0.1, 0.15) is 19.4 Å². The van der Waals surface area contributed by atoms with E-state index in [9.17, 15) is 22.8 Å². The second-order valence-corrected chi connectivity index (χ2v) is 8.23. The molecular weight excluding hydrogens is 510 g/mol. The van der Waals surface area contributed by atoms with Gasteiger partial charge in [0.2, 0.25) is 0 Å². The van der Waals surface area contributed by atoms with E-state index in [0.717, 1.165) is 24.4 Å². The van der Waals surface area contributed by atoms with Gasteiger partial charge in [-0.3, -0.25) is 14.6 Å². The third-order valence-corrected chi connectivity index (χ3v) is 5.45. The van der Waals surface area contributed by atoms with Crippen LogP contribution in [0.15, 0.2) is 41.0 Å². The van der Waals surface area contributed by atoms with Crippen molar-refractivity contribution in [2.24, 2.45) is 16.6 Å². The number of amides is 1. The van der Waals surface area contributed by atoms with Crippen LogP contribution in [-0.2, 0) is 16.0 Å². The Balaban J connectivity index is 2.21. The van der Waals surface area contributed by atoms with Crippen LogP contribution in [0.4, 0.5) is 18.9 Å². The molecule has 0 heterocycles. The smallest absolute Gasteiger partial charge is 0.307 e. The van der Waals surface area contributed by atoms with Gasteiger partial charge in [-0.2, -0.15) is 0 Å². The van der Waals surface area contributed by atoms with Gasteiger partial charge in [-0.15, -0.1) is 0 Å². The number of carboxylic acids is 1. The van der Waals surface area contributed by atoms with Crippen molar-refractivity contribution in [2.45, 2.75) is 20.3 Å². The second-order valence-electron chi connectivity index (χ2n) is 7.48. The zero-order valence-electron chi connectivity index (χ0n) is 18.7. The monoisotopic (exact) mass is 531 g/mol. The van der Waals surface area contributed by atoms with Gasteiger partial charge in [0.1, 0.15) is 12.4 Å². The molecule has 1 amide bonds. The number of halogens is 5. The van der Waals surface area contributed by atoms with Gasteiger partial charge in [-0.1, -0.05) is 37.0 Å². The molecular formula is C23H22Cl2F3N3O4. The van der Waals surface area contributed by atoms with Crippen molar-refractivity contribution >= 4 is 46.5 Å². The number of anilines is 1. The molecule has 12 heteroatoms. The minimum absolute atomic E-state index is 0.00115. The largest absolute Gasteiger partial charge is 0.489 e. The lowest BCUT2D eigenvalue weighted by atomic mass is 9.99. The summed E-state index contributed by atoms with van der Waals surface area (Å²) in [4.78, 5) is 28.2. The summed E-state index contributed by atoms with van der Waals surface area (Å²) in [6.07, 6.45) is 0.441. The zero-order chi connectivity index (χ0) is 26.3. The van der Waals surface area contributed by atoms with Gasteiger partial charge < -0.3 is 20.9 Å². The highest BCUT2D eigenvalue weighted by atomic mass is 35.5. The first-order chi connectivity index (χ1) is 16.5. The zero-order valence-corrected chi connectivity index (χ0v) is 20.2. The maximum atomic E-state index is 14.6. The second kappa shape index (κ2) is 12.5. The van der Waals surface area contributed by atoms with Crippen molar-refractivity contribution in [1.82, 2.24) is 0 Å². The number of aliphatic carboxylic acids is 1. The number of nitrogens with one attached hydrogen (secondary N) is 1. The molecule has 35 heavy (non-hydrogen) atoms. The summed E-state index contributed by atoms with van der Waals surface area (Å²) in [6.45, 7) is 3.39. The fourth-order valence-corrected chi connectivity index (χ4v) is 3.43. The van der Waals surface area contributed by atoms with Gasteiger partial charge >= 0.3 is 5.97 Å². The summed E-state index contributed by atoms with van der Waals surface area (Å²) in [5.74, 6) is -5.19. The first-order valence-corrected chi connectivity index (χ1v) is 11.0. The van der Waals surface area contributed by atoms with Crippen LogP contribution < -0.4 is 15.8 Å². The van der Waals surface area contributed by atoms with Crippen molar-refractivity contribution in [2.75, 3.05) is 18.5 Å². The Kier molecular flexibility index (Phi) is 9.97. The summed E-state index contributed by atoms with van der Waals surface area (Å²) in [5, 5.41) is 10.5. The maximum absolute atomic E-state index is 14.6. The number of carbonyl (C=O) groups is 2. The van der Waals surface area contributed by atoms with Crippen LogP contribution in [-0.4, -0.2) is 35.8 Å². The lowest BCUT2D eigenvalue weighted by molar-refractivity contribution is -0.136. The molecule has 0 radical (unpaired) electrons. The van der Waals surface area contributed by atoms with Crippen LogP contribution in [0.2, 0.25) is 10.0 Å². The predicted molar refractivity (Wildman–Crippen MR) is 128 cm³/mol. The van der Waals surface area contributed by atoms with Crippen molar-refractivity contribution in [3.8, 4) is 5.75 Å². The Morgan fingerprint density at radius 3 is 2.46 bits per heavy atom. The minimum atomic E-state index is -1.23. The van der Waals surface area contributed by atoms with E-state index in [1.807, 2.05) is 0 Å². The highest BCUT2D eigenvalue weighted by molar-refractivity contribution is 6.43. The van der Waals surface area contributed by atoms with E-state index in [-0.39, 0.29) is 46.7 Å². The number of carbonyl (C=O) groups excluding carboxylic acids is 1. The van der Waals surface area contributed by atoms with Crippen LogP contribution >= 0.6 is 23.2 Å². The highest BCUT2D eigenvalue weighted by Crippen LogP contribution is 2.34. The standard InChI is InChI=1S/C23H22Cl2F3N3O4/c1-11(2)22(30-5-6-35-17-4-3-13(26)9-15(17)27)14(10-29)23(34)31-16-7-12(8-18(32)33)19(24)20(25)21(16)28/h3-4,7,9-11H,5-6,8,29H2,1-2H3,(H,31,34)(H,32,33). The molecule has 0 bridgehead atoms. The lowest BCUT2D eigenvalue weighted by Crippen LogP contribution is -2.26. The Bertz CT molecular complexity index is 1190. The number of ether oxygens (including phenoxy) is 1. The Morgan fingerprint density at radius 1 is 1.20 bits per heavy atom. The number of nitrogens with zero attached hydrogens (tertiary/aromatic N) is 1. The molecule has 0 aliphatic carbocycles. The molecule has 0 fully saturated rings. The summed E-state index contributed by atoms with van der Waals surface area (Å²) < 4.78 is 46.5. The number of carboxylic acid groups (broad SMARTS) is 1. The molecule has 0 atom stereocenters. The number of hydrogen-bond donors (Lipinski definition) is 3. The van der Waals surface area contributed by atoms with E-state index >= 15 is 0 Å². The van der Waals surface area contributed by atoms with E-state index in [4.69, 9.17) is 38.8 Å². The van der Waals surface area contributed by atoms with Gasteiger partial charge in [-0.05, 0) is 29.7 Å². The summed E-state index contributed by atoms with van der Waals surface area (Å²) in [7, 11) is 0. The maximum Gasteiger partial charge on any atom is 0.307 e. The molecule has 0 aromatic heterocycles. The summed E-state index contributed by atoms with van der Waals surface area (Å²) in [5.41, 5.74) is 5.42. The number of nitrogens with two attached hydrogens (primary N) is 1. The molecule has 0 spiro atoms. The van der Waals surface area contributed by atoms with Gasteiger partial charge in [-0.25, -0.2) is 13.2 Å². The van der Waals surface area contributed by atoms with E-state index in [0.29, 0.717) is 6.07 Å². The van der Waals surface area contributed by atoms with E-state index in [1.54, 1.807) is 13.8 Å². The average molecular weight is 532 g/mol. The molecule has 0 aliphatic heterocycles. The van der Waals surface area contributed by atoms with Crippen molar-refractivity contribution in [1.29, 1.82) is 0 Å². The molecule has 0 aliphatic rings. The predicted octanol–water partition coefficient (Wildman–Crippen LogP) is 4.99. The van der Waals surface area contributed by atoms with Crippen LogP contribution in [0.3, 0.4) is 0 Å². The van der Waals surface area contributed by atoms with Crippen LogP contribution in [0, 0.1) is 23.4 Å². The molecule has 0 unspecified atom stereocenters. The van der Waals surface area contributed by atoms with E-state index in [2.05, 4.69) is 10.3 Å². The topological polar surface area (TPSA) is 114 Å². The molecule has 2 rings (SSSR count). The van der Waals surface area contributed by atoms with Gasteiger partial charge in [0, 0.05) is 12.3 Å². The van der Waals surface area contributed by atoms with E-state index < -0.39 is 46.5 Å². The number of hydrogen-bond acceptors (Lipinski definition) is 5.